The normalized spacial score (nSPS) is 4.57. The molecule has 7 heteroatoms. The predicted molar refractivity (Wildman–Crippen MR) is 43.4 cm³/mol. The molecule has 0 saturated carbocycles. The minimum absolute atomic E-state index is 0. The molecule has 0 fully saturated rings. The van der Waals surface area contributed by atoms with Gasteiger partial charge in [0.1, 0.15) is 0 Å². The van der Waals surface area contributed by atoms with Crippen LogP contribution in [0.15, 0.2) is 0 Å². The van der Waals surface area contributed by atoms with Crippen molar-refractivity contribution >= 4 is 11.9 Å². The monoisotopic (exact) mass is 215 g/mol. The van der Waals surface area contributed by atoms with Crippen LogP contribution in [0.3, 0.4) is 0 Å². The first-order chi connectivity index (χ1) is 5.88. The van der Waals surface area contributed by atoms with Crippen molar-refractivity contribution in [2.75, 3.05) is 7.11 Å². The molecule has 0 unspecified atom stereocenters. The molecule has 0 atom stereocenters. The van der Waals surface area contributed by atoms with Gasteiger partial charge in [-0.05, 0) is 6.92 Å². The van der Waals surface area contributed by atoms with E-state index in [0.29, 0.717) is 0 Å². The molecule has 0 heterocycles. The van der Waals surface area contributed by atoms with Gasteiger partial charge >= 0.3 is 29.6 Å². The van der Waals surface area contributed by atoms with Crippen LogP contribution in [0, 0.1) is 11.3 Å². The predicted octanol–water partition coefficient (Wildman–Crippen LogP) is -4.01. The number of hydrogen-bond acceptors (Lipinski definition) is 5. The maximum absolute atomic E-state index is 9.00. The van der Waals surface area contributed by atoms with Crippen LogP contribution >= 0.6 is 0 Å². The van der Waals surface area contributed by atoms with Gasteiger partial charge in [-0.25, -0.2) is 0 Å². The SMILES string of the molecule is CC#N.CC(=O)O.CC(=O)[O-].CO.[Na+]. The Morgan fingerprint density at radius 2 is 1.29 bits per heavy atom. The van der Waals surface area contributed by atoms with Crippen LogP contribution in [0.2, 0.25) is 0 Å². The summed E-state index contributed by atoms with van der Waals surface area (Å²) in [4.78, 5) is 17.9. The van der Waals surface area contributed by atoms with E-state index in [9.17, 15) is 0 Å². The number of carboxylic acid groups (broad SMARTS) is 2. The number of hydrogen-bond donors (Lipinski definition) is 2. The summed E-state index contributed by atoms with van der Waals surface area (Å²) in [6.07, 6.45) is 0. The van der Waals surface area contributed by atoms with Gasteiger partial charge < -0.3 is 20.1 Å². The zero-order chi connectivity index (χ0) is 11.9. The van der Waals surface area contributed by atoms with Gasteiger partial charge in [0.25, 0.3) is 5.97 Å². The number of aliphatic hydroxyl groups excluding tert-OH is 1. The van der Waals surface area contributed by atoms with Gasteiger partial charge in [-0.1, -0.05) is 0 Å². The van der Waals surface area contributed by atoms with Crippen molar-refractivity contribution in [3.63, 3.8) is 0 Å². The topological polar surface area (TPSA) is 121 Å². The van der Waals surface area contributed by atoms with Crippen LogP contribution < -0.4 is 34.7 Å². The average molecular weight is 215 g/mol. The second kappa shape index (κ2) is 39.4. The first-order valence-electron chi connectivity index (χ1n) is 3.01. The summed E-state index contributed by atoms with van der Waals surface area (Å²) >= 11 is 0. The Balaban J connectivity index is -0.0000000260. The van der Waals surface area contributed by atoms with E-state index in [1.54, 1.807) is 6.07 Å². The van der Waals surface area contributed by atoms with Crippen LogP contribution in [0.5, 0.6) is 0 Å². The smallest absolute Gasteiger partial charge is 0.550 e. The van der Waals surface area contributed by atoms with Crippen LogP contribution in [-0.2, 0) is 9.59 Å². The number of carboxylic acids is 2. The van der Waals surface area contributed by atoms with E-state index in [0.717, 1.165) is 21.0 Å². The molecule has 0 aliphatic heterocycles. The van der Waals surface area contributed by atoms with E-state index < -0.39 is 11.9 Å². The Hall–Kier alpha value is -0.610. The van der Waals surface area contributed by atoms with Gasteiger partial charge in [0.05, 0.1) is 6.07 Å². The third kappa shape index (κ3) is 3300. The summed E-state index contributed by atoms with van der Waals surface area (Å²) in [6, 6.07) is 1.75. The number of carbonyl (C=O) groups excluding carboxylic acids is 1. The van der Waals surface area contributed by atoms with Crippen LogP contribution in [0.4, 0.5) is 0 Å². The van der Waals surface area contributed by atoms with Crippen molar-refractivity contribution in [1.29, 1.82) is 5.26 Å². The maximum Gasteiger partial charge on any atom is 1.00 e. The fourth-order valence-corrected chi connectivity index (χ4v) is 0. The summed E-state index contributed by atoms with van der Waals surface area (Å²) in [5.41, 5.74) is 0. The molecule has 0 bridgehead atoms. The second-order valence-electron chi connectivity index (χ2n) is 1.23. The molecule has 6 nitrogen and oxygen atoms in total. The molecule has 0 amide bonds. The first kappa shape index (κ1) is 29.2. The van der Waals surface area contributed by atoms with Crippen LogP contribution in [0.25, 0.3) is 0 Å². The third-order valence-corrected chi connectivity index (χ3v) is 0. The molecule has 0 aliphatic carbocycles. The molecule has 0 aromatic heterocycles. The van der Waals surface area contributed by atoms with Crippen molar-refractivity contribution in [2.24, 2.45) is 0 Å². The van der Waals surface area contributed by atoms with E-state index in [-0.39, 0.29) is 29.6 Å². The summed E-state index contributed by atoms with van der Waals surface area (Å²) in [5.74, 6) is -1.92. The zero-order valence-electron chi connectivity index (χ0n) is 9.07. The second-order valence-corrected chi connectivity index (χ2v) is 1.23. The van der Waals surface area contributed by atoms with Crippen LogP contribution in [-0.4, -0.2) is 29.3 Å². The summed E-state index contributed by atoms with van der Waals surface area (Å²) in [6.45, 7) is 3.49. The van der Waals surface area contributed by atoms with Gasteiger partial charge in [-0.2, -0.15) is 5.26 Å². The molecule has 0 rings (SSSR count). The third-order valence-electron chi connectivity index (χ3n) is 0. The molecule has 2 N–H and O–H groups in total. The molecule has 0 aromatic rings. The summed E-state index contributed by atoms with van der Waals surface area (Å²) in [7, 11) is 1.00. The fraction of sp³-hybridized carbons (Fsp3) is 0.571. The Bertz CT molecular complexity index is 135. The number of nitrogens with zero attached hydrogens (tertiary/aromatic N) is 1. The van der Waals surface area contributed by atoms with Gasteiger partial charge in [-0.3, -0.25) is 4.79 Å². The summed E-state index contributed by atoms with van der Waals surface area (Å²) < 4.78 is 0. The van der Waals surface area contributed by atoms with E-state index in [2.05, 4.69) is 0 Å². The molecule has 0 radical (unpaired) electrons. The van der Waals surface area contributed by atoms with Crippen molar-refractivity contribution in [2.45, 2.75) is 20.8 Å². The quantitative estimate of drug-likeness (QED) is 0.397. The largest absolute Gasteiger partial charge is 1.00 e. The number of carbonyl (C=O) groups is 2. The number of aliphatic carboxylic acids is 2. The molecular weight excluding hydrogens is 201 g/mol. The van der Waals surface area contributed by atoms with Crippen molar-refractivity contribution in [1.82, 2.24) is 0 Å². The Kier molecular flexibility index (Phi) is 82.1. The first-order valence-corrected chi connectivity index (χ1v) is 3.01. The zero-order valence-corrected chi connectivity index (χ0v) is 11.1. The van der Waals surface area contributed by atoms with Crippen LogP contribution in [0.1, 0.15) is 20.8 Å². The molecule has 78 valence electrons. The molecule has 0 saturated heterocycles. The van der Waals surface area contributed by atoms with E-state index in [1.807, 2.05) is 0 Å². The van der Waals surface area contributed by atoms with Gasteiger partial charge in [0.15, 0.2) is 0 Å². The number of rotatable bonds is 0. The van der Waals surface area contributed by atoms with Gasteiger partial charge in [0.2, 0.25) is 0 Å². The van der Waals surface area contributed by atoms with E-state index >= 15 is 0 Å². The van der Waals surface area contributed by atoms with E-state index in [4.69, 9.17) is 30.2 Å². The molecular formula is C7H14NNaO5. The number of nitriles is 1. The van der Waals surface area contributed by atoms with Gasteiger partial charge in [-0.15, -0.1) is 0 Å². The Labute approximate surface area is 105 Å². The minimum Gasteiger partial charge on any atom is -0.550 e. The minimum atomic E-state index is -1.08. The number of aliphatic hydroxyl groups is 1. The maximum atomic E-state index is 9.00. The summed E-state index contributed by atoms with van der Waals surface area (Å²) in [5, 5.41) is 30.6. The Morgan fingerprint density at radius 3 is 1.29 bits per heavy atom. The average Bonchev–Trinajstić information content (AvgIpc) is 1.89. The molecule has 0 aromatic carbocycles. The Morgan fingerprint density at radius 1 is 1.29 bits per heavy atom. The fourth-order valence-electron chi connectivity index (χ4n) is 0. The van der Waals surface area contributed by atoms with Crippen molar-refractivity contribution in [3.05, 3.63) is 0 Å². The van der Waals surface area contributed by atoms with Crippen molar-refractivity contribution in [3.8, 4) is 6.07 Å². The molecule has 0 spiro atoms. The van der Waals surface area contributed by atoms with Gasteiger partial charge in [0, 0.05) is 26.9 Å². The van der Waals surface area contributed by atoms with E-state index in [1.165, 1.54) is 6.92 Å². The van der Waals surface area contributed by atoms with Crippen molar-refractivity contribution < 1.29 is 54.5 Å². The molecule has 14 heavy (non-hydrogen) atoms. The molecule has 0 aliphatic rings. The standard InChI is InChI=1S/C2H3N.2C2H4O2.CH4O.Na/c1-2-3;2*1-2(3)4;1-2;/h1H3;2*1H3,(H,3,4);2H,1H3;/q;;;;+1/p-1.